The van der Waals surface area contributed by atoms with Gasteiger partial charge in [-0.25, -0.2) is 24.7 Å². The summed E-state index contributed by atoms with van der Waals surface area (Å²) in [6, 6.07) is 16.7. The van der Waals surface area contributed by atoms with Crippen LogP contribution in [0, 0.1) is 13.8 Å². The largest absolute Gasteiger partial charge is 0.382 e. The molecule has 2 atom stereocenters. The van der Waals surface area contributed by atoms with Crippen LogP contribution >= 0.6 is 0 Å². The summed E-state index contributed by atoms with van der Waals surface area (Å²) in [5, 5.41) is 20.6. The van der Waals surface area contributed by atoms with Crippen LogP contribution in [-0.4, -0.2) is 94.6 Å². The second kappa shape index (κ2) is 15.0. The van der Waals surface area contributed by atoms with E-state index in [0.717, 1.165) is 78.0 Å². The Morgan fingerprint density at radius 2 is 1.43 bits per heavy atom. The van der Waals surface area contributed by atoms with Crippen molar-refractivity contribution in [2.45, 2.75) is 38.8 Å². The Morgan fingerprint density at radius 3 is 2.07 bits per heavy atom. The van der Waals surface area contributed by atoms with Crippen LogP contribution in [0.4, 0.5) is 39.4 Å². The highest BCUT2D eigenvalue weighted by Crippen LogP contribution is 2.40. The lowest BCUT2D eigenvalue weighted by Crippen LogP contribution is -2.48. The number of nitrogen functional groups attached to an aromatic ring is 1. The Labute approximate surface area is 311 Å². The Morgan fingerprint density at radius 1 is 0.759 bits per heavy atom. The Hall–Kier alpha value is -6.91. The number of urea groups is 1. The SMILES string of the molecule is Cc1cc(-c2ccc3c(n2)N(C(=O)Nc2cnncn2)[C@H]2CCN3C2)ccn1.Cc1cc(-c2ccc3c(n2)N[C@H]2CCN3C2)ccn1.Nc1cnncn1. The van der Waals surface area contributed by atoms with Crippen molar-refractivity contribution in [1.82, 2.24) is 50.3 Å². The van der Waals surface area contributed by atoms with Crippen LogP contribution in [-0.2, 0) is 0 Å². The normalized spacial score (nSPS) is 17.2. The van der Waals surface area contributed by atoms with Crippen LogP contribution in [0.25, 0.3) is 22.5 Å². The number of nitrogens with zero attached hydrogens (tertiary/aromatic N) is 13. The highest BCUT2D eigenvalue weighted by atomic mass is 16.2. The van der Waals surface area contributed by atoms with Crippen molar-refractivity contribution in [2.75, 3.05) is 57.2 Å². The molecule has 0 unspecified atom stereocenters. The summed E-state index contributed by atoms with van der Waals surface area (Å²) in [6.07, 6.45) is 11.1. The minimum Gasteiger partial charge on any atom is -0.382 e. The molecule has 0 aliphatic carbocycles. The number of carbonyl (C=O) groups is 1. The number of amides is 2. The molecule has 0 spiro atoms. The average Bonchev–Trinajstić information content (AvgIpc) is 3.80. The molecule has 2 fully saturated rings. The number of hydrogen-bond acceptors (Lipinski definition) is 15. The van der Waals surface area contributed by atoms with Gasteiger partial charge < -0.3 is 20.9 Å². The van der Waals surface area contributed by atoms with Gasteiger partial charge in [0.15, 0.2) is 17.5 Å². The summed E-state index contributed by atoms with van der Waals surface area (Å²) in [7, 11) is 0. The van der Waals surface area contributed by atoms with Crippen LogP contribution in [0.5, 0.6) is 0 Å². The molecule has 10 rings (SSSR count). The zero-order chi connectivity index (χ0) is 37.0. The van der Waals surface area contributed by atoms with Crippen LogP contribution < -0.4 is 31.1 Å². The number of hydrogen-bond donors (Lipinski definition) is 3. The van der Waals surface area contributed by atoms with Gasteiger partial charge in [-0.3, -0.25) is 20.2 Å². The summed E-state index contributed by atoms with van der Waals surface area (Å²) < 4.78 is 0. The Bertz CT molecular complexity index is 2260. The minimum atomic E-state index is -0.260. The number of rotatable bonds is 3. The molecule has 17 heteroatoms. The number of fused-ring (bicyclic) bond motifs is 8. The summed E-state index contributed by atoms with van der Waals surface area (Å²) in [4.78, 5) is 45.3. The lowest BCUT2D eigenvalue weighted by molar-refractivity contribution is 0.254. The molecular formula is C37H38N16O. The highest BCUT2D eigenvalue weighted by molar-refractivity contribution is 6.04. The van der Waals surface area contributed by atoms with Gasteiger partial charge in [-0.05, 0) is 75.2 Å². The molecule has 2 amide bonds. The molecule has 0 aromatic carbocycles. The second-order valence-electron chi connectivity index (χ2n) is 13.3. The van der Waals surface area contributed by atoms with E-state index in [4.69, 9.17) is 15.7 Å². The average molecular weight is 723 g/mol. The standard InChI is InChI=1S/C19H18N8O.C15H16N4.C3H4N4/c1-12-8-13(4-6-20-12)15-2-3-16-18(24-15)27(14-5-7-26(16)10-14)19(28)25-17-9-22-23-11-21-17;1-10-8-11(4-6-16-10)13-2-3-14-15(18-13)17-12-5-7-19(14)9-12;4-3-1-6-7-2-5-3/h2-4,6,8-9,11,14H,5,7,10H2,1H3,(H,21,23,25,28);2-4,6,8,12H,5,7,9H2,1H3,(H,17,18);1-2H,(H2,4,5,7)/t14-;12-;/m00./s1. The zero-order valence-electron chi connectivity index (χ0n) is 29.8. The predicted octanol–water partition coefficient (Wildman–Crippen LogP) is 4.18. The lowest BCUT2D eigenvalue weighted by atomic mass is 10.1. The quantitative estimate of drug-likeness (QED) is 0.234. The molecule has 6 aromatic rings. The van der Waals surface area contributed by atoms with Gasteiger partial charge in [0.25, 0.3) is 0 Å². The third-order valence-corrected chi connectivity index (χ3v) is 9.54. The first-order valence-electron chi connectivity index (χ1n) is 17.6. The molecule has 4 N–H and O–H groups in total. The molecule has 10 heterocycles. The zero-order valence-corrected chi connectivity index (χ0v) is 29.8. The molecule has 4 aliphatic heterocycles. The monoisotopic (exact) mass is 722 g/mol. The molecule has 0 saturated carbocycles. The van der Waals surface area contributed by atoms with Crippen molar-refractivity contribution in [3.63, 3.8) is 0 Å². The number of aryl methyl sites for hydroxylation is 2. The Balaban J connectivity index is 0.000000136. The van der Waals surface area contributed by atoms with Gasteiger partial charge in [0.1, 0.15) is 18.5 Å². The van der Waals surface area contributed by atoms with Crippen molar-refractivity contribution < 1.29 is 4.79 Å². The molecule has 272 valence electrons. The third-order valence-electron chi connectivity index (χ3n) is 9.54. The van der Waals surface area contributed by atoms with E-state index in [-0.39, 0.29) is 12.1 Å². The van der Waals surface area contributed by atoms with E-state index in [1.54, 1.807) is 11.1 Å². The summed E-state index contributed by atoms with van der Waals surface area (Å²) in [5.41, 5.74) is 13.2. The van der Waals surface area contributed by atoms with Gasteiger partial charge in [0.2, 0.25) is 0 Å². The minimum absolute atomic E-state index is 0.0734. The molecular weight excluding hydrogens is 685 g/mol. The summed E-state index contributed by atoms with van der Waals surface area (Å²) >= 11 is 0. The number of pyridine rings is 4. The van der Waals surface area contributed by atoms with Gasteiger partial charge >= 0.3 is 6.03 Å². The summed E-state index contributed by atoms with van der Waals surface area (Å²) in [5.74, 6) is 2.46. The molecule has 6 aromatic heterocycles. The molecule has 4 aliphatic rings. The van der Waals surface area contributed by atoms with E-state index in [1.165, 1.54) is 37.2 Å². The number of nitrogens with two attached hydrogens (primary N) is 1. The molecule has 0 radical (unpaired) electrons. The van der Waals surface area contributed by atoms with Crippen LogP contribution in [0.3, 0.4) is 0 Å². The van der Waals surface area contributed by atoms with E-state index in [1.807, 2.05) is 50.4 Å². The third kappa shape index (κ3) is 7.37. The maximum Gasteiger partial charge on any atom is 0.329 e. The van der Waals surface area contributed by atoms with Crippen LogP contribution in [0.1, 0.15) is 24.2 Å². The summed E-state index contributed by atoms with van der Waals surface area (Å²) in [6.45, 7) is 7.92. The van der Waals surface area contributed by atoms with Crippen molar-refractivity contribution in [2.24, 2.45) is 0 Å². The van der Waals surface area contributed by atoms with Crippen LogP contribution in [0.2, 0.25) is 0 Å². The highest BCUT2D eigenvalue weighted by Gasteiger charge is 2.40. The molecule has 17 nitrogen and oxygen atoms in total. The maximum absolute atomic E-state index is 13.1. The number of anilines is 6. The van der Waals surface area contributed by atoms with Gasteiger partial charge in [-0.1, -0.05) is 0 Å². The van der Waals surface area contributed by atoms with Gasteiger partial charge in [-0.15, -0.1) is 10.2 Å². The van der Waals surface area contributed by atoms with Crippen molar-refractivity contribution in [3.8, 4) is 22.5 Å². The first-order valence-corrected chi connectivity index (χ1v) is 17.6. The van der Waals surface area contributed by atoms with Crippen molar-refractivity contribution >= 4 is 40.7 Å². The van der Waals surface area contributed by atoms with Crippen LogP contribution in [0.15, 0.2) is 86.0 Å². The second-order valence-corrected chi connectivity index (χ2v) is 13.3. The first-order chi connectivity index (χ1) is 26.4. The fourth-order valence-corrected chi connectivity index (χ4v) is 7.03. The molecule has 2 saturated heterocycles. The topological polar surface area (TPSA) is 206 Å². The van der Waals surface area contributed by atoms with Crippen molar-refractivity contribution in [3.05, 3.63) is 97.4 Å². The first kappa shape index (κ1) is 34.2. The fourth-order valence-electron chi connectivity index (χ4n) is 7.03. The van der Waals surface area contributed by atoms with Gasteiger partial charge in [-0.2, -0.15) is 10.2 Å². The molecule has 4 bridgehead atoms. The lowest BCUT2D eigenvalue weighted by Gasteiger charge is -2.35. The van der Waals surface area contributed by atoms with E-state index in [2.05, 4.69) is 79.0 Å². The fraction of sp³-hybridized carbons (Fsp3) is 0.270. The molecule has 54 heavy (non-hydrogen) atoms. The number of carbonyl (C=O) groups excluding carboxylic acids is 1. The van der Waals surface area contributed by atoms with E-state index in [0.29, 0.717) is 23.5 Å². The van der Waals surface area contributed by atoms with Crippen molar-refractivity contribution in [1.29, 1.82) is 0 Å². The Kier molecular flexibility index (Phi) is 9.49. The van der Waals surface area contributed by atoms with Gasteiger partial charge in [0, 0.05) is 67.1 Å². The number of nitrogens with one attached hydrogen (secondary N) is 2. The van der Waals surface area contributed by atoms with Gasteiger partial charge in [0.05, 0.1) is 41.2 Å². The number of aromatic nitrogens is 10. The van der Waals surface area contributed by atoms with E-state index >= 15 is 0 Å². The van der Waals surface area contributed by atoms with E-state index in [9.17, 15) is 4.79 Å². The smallest absolute Gasteiger partial charge is 0.329 e. The maximum atomic E-state index is 13.1. The van der Waals surface area contributed by atoms with E-state index < -0.39 is 0 Å². The predicted molar refractivity (Wildman–Crippen MR) is 205 cm³/mol.